The van der Waals surface area contributed by atoms with Gasteiger partial charge in [-0.2, -0.15) is 0 Å². The van der Waals surface area contributed by atoms with E-state index >= 15 is 0 Å². The van der Waals surface area contributed by atoms with Gasteiger partial charge in [-0.25, -0.2) is 4.79 Å². The molecule has 6 N–H and O–H groups in total. The maximum atomic E-state index is 14.2. The quantitative estimate of drug-likeness (QED) is 0.170. The molecule has 0 radical (unpaired) electrons. The van der Waals surface area contributed by atoms with Crippen molar-refractivity contribution in [1.29, 1.82) is 0 Å². The molecule has 3 aromatic carbocycles. The number of carbonyl (C=O) groups is 4. The fourth-order valence-electron chi connectivity index (χ4n) is 5.94. The molecule has 0 unspecified atom stereocenters. The number of aliphatic hydroxyl groups excluding tert-OH is 1. The van der Waals surface area contributed by atoms with Crippen molar-refractivity contribution in [2.24, 2.45) is 11.3 Å². The number of rotatable bonds is 10. The molecule has 2 bridgehead atoms. The Morgan fingerprint density at radius 2 is 1.50 bits per heavy atom. The lowest BCUT2D eigenvalue weighted by molar-refractivity contribution is -0.134. The molecule has 2 heterocycles. The summed E-state index contributed by atoms with van der Waals surface area (Å²) < 4.78 is 16.8. The molecule has 0 saturated heterocycles. The molecule has 13 heteroatoms. The van der Waals surface area contributed by atoms with Gasteiger partial charge in [-0.1, -0.05) is 107 Å². The summed E-state index contributed by atoms with van der Waals surface area (Å²) in [6.45, 7) is 10.4. The first-order valence-corrected chi connectivity index (χ1v) is 18.4. The smallest absolute Gasteiger partial charge is 0.408 e. The van der Waals surface area contributed by atoms with E-state index in [4.69, 9.17) is 14.2 Å². The average Bonchev–Trinajstić information content (AvgIpc) is 3.14. The van der Waals surface area contributed by atoms with Crippen LogP contribution in [0.3, 0.4) is 0 Å². The lowest BCUT2D eigenvalue weighted by Gasteiger charge is -2.35. The van der Waals surface area contributed by atoms with Gasteiger partial charge in [-0.3, -0.25) is 19.7 Å². The maximum absolute atomic E-state index is 14.2. The van der Waals surface area contributed by atoms with Gasteiger partial charge in [0.15, 0.2) is 0 Å². The lowest BCUT2D eigenvalue weighted by Crippen LogP contribution is -2.64. The number of benzene rings is 3. The molecular formula is C41H55N5O8. The number of hydrogen-bond acceptors (Lipinski definition) is 9. The zero-order valence-electron chi connectivity index (χ0n) is 31.8. The van der Waals surface area contributed by atoms with Crippen LogP contribution in [0.25, 0.3) is 0 Å². The van der Waals surface area contributed by atoms with Crippen molar-refractivity contribution >= 4 is 23.8 Å². The molecule has 54 heavy (non-hydrogen) atoms. The van der Waals surface area contributed by atoms with E-state index in [-0.39, 0.29) is 38.6 Å². The van der Waals surface area contributed by atoms with E-state index in [0.717, 1.165) is 16.7 Å². The summed E-state index contributed by atoms with van der Waals surface area (Å²) in [6, 6.07) is 21.4. The van der Waals surface area contributed by atoms with Gasteiger partial charge in [-0.05, 0) is 46.6 Å². The van der Waals surface area contributed by atoms with E-state index in [2.05, 4.69) is 26.6 Å². The molecule has 292 valence electrons. The highest BCUT2D eigenvalue weighted by Crippen LogP contribution is 2.21. The van der Waals surface area contributed by atoms with Crippen LogP contribution in [0, 0.1) is 11.3 Å². The summed E-state index contributed by atoms with van der Waals surface area (Å²) in [6.07, 6.45) is -2.13. The van der Waals surface area contributed by atoms with Crippen LogP contribution in [-0.2, 0) is 43.4 Å². The normalized spacial score (nSPS) is 19.2. The summed E-state index contributed by atoms with van der Waals surface area (Å²) in [7, 11) is 0. The number of carbonyl (C=O) groups excluding carboxylic acids is 4. The second-order valence-electron chi connectivity index (χ2n) is 14.8. The van der Waals surface area contributed by atoms with Gasteiger partial charge in [-0.15, -0.1) is 0 Å². The Hall–Kier alpha value is -4.98. The third-order valence-corrected chi connectivity index (χ3v) is 9.00. The number of aliphatic hydroxyl groups is 1. The summed E-state index contributed by atoms with van der Waals surface area (Å²) in [5.41, 5.74) is 1.61. The Morgan fingerprint density at radius 3 is 2.13 bits per heavy atom. The Morgan fingerprint density at radius 1 is 0.852 bits per heavy atom. The molecule has 5 atom stereocenters. The molecule has 5 rings (SSSR count). The van der Waals surface area contributed by atoms with Crippen molar-refractivity contribution in [3.05, 3.63) is 102 Å². The number of ether oxygens (including phenoxy) is 3. The van der Waals surface area contributed by atoms with E-state index < -0.39 is 59.5 Å². The predicted octanol–water partition coefficient (Wildman–Crippen LogP) is 3.24. The Labute approximate surface area is 317 Å². The highest BCUT2D eigenvalue weighted by atomic mass is 16.5. The minimum atomic E-state index is -1.50. The van der Waals surface area contributed by atoms with Crippen molar-refractivity contribution in [1.82, 2.24) is 26.6 Å². The molecule has 0 fully saturated rings. The number of alkyl carbamates (subject to hydrolysis) is 1. The number of nitrogens with one attached hydrogen (secondary N) is 5. The molecule has 3 aromatic rings. The SMILES string of the molecule is CC(C)[C@@H]1NC(=O)[C@@H]([C@H](O)[C@H](Cc2ccccc2)NC(=O)[C@@H](NC(=O)OCc2ccccc2)C(C)(C)C)NCc2ccc(cc2)OCCOCCNC1=O. The van der Waals surface area contributed by atoms with Crippen LogP contribution in [0.1, 0.15) is 51.3 Å². The van der Waals surface area contributed by atoms with Gasteiger partial charge in [0.05, 0.1) is 25.4 Å². The van der Waals surface area contributed by atoms with E-state index in [0.29, 0.717) is 19.0 Å². The summed E-state index contributed by atoms with van der Waals surface area (Å²) in [5.74, 6) is -1.25. The standard InChI is InChI=1S/C41H55N5O8/c1-27(2)33-37(48)42-20-21-52-22-23-53-31-18-16-29(17-19-31)25-43-34(38(49)45-33)35(47)32(24-28-12-8-6-9-13-28)44-39(50)36(41(3,4)5)46-40(51)54-26-30-14-10-7-11-15-30/h6-19,27,32-36,43,47H,20-26H2,1-5H3,(H,42,48)(H,44,50)(H,45,49)(H,46,51)/t32-,33-,34+,35+,36+/m0/s1. The van der Waals surface area contributed by atoms with Crippen molar-refractivity contribution in [3.8, 4) is 5.75 Å². The zero-order chi connectivity index (χ0) is 39.1. The highest BCUT2D eigenvalue weighted by molar-refractivity contribution is 5.91. The molecule has 0 spiro atoms. The van der Waals surface area contributed by atoms with Crippen molar-refractivity contribution in [2.45, 2.75) is 84.5 Å². The monoisotopic (exact) mass is 745 g/mol. The average molecular weight is 746 g/mol. The van der Waals surface area contributed by atoms with Crippen LogP contribution in [0.2, 0.25) is 0 Å². The van der Waals surface area contributed by atoms with Crippen LogP contribution in [0.4, 0.5) is 4.79 Å². The molecular weight excluding hydrogens is 690 g/mol. The number of hydrogen-bond donors (Lipinski definition) is 6. The number of fused-ring (bicyclic) bond motifs is 15. The summed E-state index contributed by atoms with van der Waals surface area (Å²) in [4.78, 5) is 54.6. The fraction of sp³-hybridized carbons (Fsp3) is 0.463. The first-order valence-electron chi connectivity index (χ1n) is 18.4. The van der Waals surface area contributed by atoms with Gasteiger partial charge in [0.25, 0.3) is 0 Å². The maximum Gasteiger partial charge on any atom is 0.408 e. The van der Waals surface area contributed by atoms with Crippen molar-refractivity contribution in [2.75, 3.05) is 26.4 Å². The van der Waals surface area contributed by atoms with Gasteiger partial charge >= 0.3 is 6.09 Å². The first kappa shape index (κ1) is 41.8. The molecule has 0 saturated carbocycles. The molecule has 0 aliphatic carbocycles. The molecule has 2 aliphatic heterocycles. The van der Waals surface area contributed by atoms with Crippen LogP contribution in [-0.4, -0.2) is 85.6 Å². The van der Waals surface area contributed by atoms with Crippen molar-refractivity contribution in [3.63, 3.8) is 0 Å². The Balaban J connectivity index is 1.62. The topological polar surface area (TPSA) is 176 Å². The lowest BCUT2D eigenvalue weighted by atomic mass is 9.85. The zero-order valence-corrected chi connectivity index (χ0v) is 31.8. The van der Waals surface area contributed by atoms with Crippen LogP contribution < -0.4 is 31.3 Å². The summed E-state index contributed by atoms with van der Waals surface area (Å²) in [5, 5.41) is 26.7. The Bertz CT molecular complexity index is 1630. The second kappa shape index (κ2) is 20.5. The minimum absolute atomic E-state index is 0.0158. The van der Waals surface area contributed by atoms with E-state index in [1.807, 2.05) is 98.8 Å². The van der Waals surface area contributed by atoms with Crippen molar-refractivity contribution < 1.29 is 38.5 Å². The summed E-state index contributed by atoms with van der Waals surface area (Å²) >= 11 is 0. The van der Waals surface area contributed by atoms with E-state index in [1.54, 1.807) is 20.8 Å². The van der Waals surface area contributed by atoms with E-state index in [1.165, 1.54) is 0 Å². The van der Waals surface area contributed by atoms with Gasteiger partial charge < -0.3 is 40.6 Å². The Kier molecular flexibility index (Phi) is 15.8. The molecule has 13 nitrogen and oxygen atoms in total. The fourth-order valence-corrected chi connectivity index (χ4v) is 5.94. The molecule has 4 amide bonds. The minimum Gasteiger partial charge on any atom is -0.491 e. The first-order chi connectivity index (χ1) is 25.8. The second-order valence-corrected chi connectivity index (χ2v) is 14.8. The van der Waals surface area contributed by atoms with Crippen LogP contribution in [0.5, 0.6) is 5.75 Å². The third kappa shape index (κ3) is 13.2. The predicted molar refractivity (Wildman–Crippen MR) is 204 cm³/mol. The van der Waals surface area contributed by atoms with Crippen LogP contribution >= 0.6 is 0 Å². The van der Waals surface area contributed by atoms with Gasteiger partial charge in [0, 0.05) is 13.1 Å². The molecule has 2 aliphatic rings. The number of amides is 4. The largest absolute Gasteiger partial charge is 0.491 e. The van der Waals surface area contributed by atoms with Crippen LogP contribution in [0.15, 0.2) is 84.9 Å². The molecule has 0 aromatic heterocycles. The van der Waals surface area contributed by atoms with Gasteiger partial charge in [0.2, 0.25) is 17.7 Å². The third-order valence-electron chi connectivity index (χ3n) is 9.00. The van der Waals surface area contributed by atoms with Gasteiger partial charge in [0.1, 0.15) is 37.1 Å². The van der Waals surface area contributed by atoms with E-state index in [9.17, 15) is 24.3 Å². The highest BCUT2D eigenvalue weighted by Gasteiger charge is 2.39.